The normalized spacial score (nSPS) is 17.7. The van der Waals surface area contributed by atoms with Crippen LogP contribution in [0.25, 0.3) is 0 Å². The standard InChI is InChI=1S/C43H78NO9P/c1-6-8-10-11-12-13-14-15-19-22-25-29-33-42(45)49-37-39(38-51-54(47,48)50-36-35-44(3,4)5)52-43(46)34-30-26-23-20-17-16-18-21-24-28-32-41-40(53-41)31-27-9-7-2/h16,18,20,23-24,28,39-41H,6-15,17,19,21-22,25-27,29-38H2,1-5H3/b18-16-,23-20-,28-24-/t39-,40?,41?/m1/s1. The van der Waals surface area contributed by atoms with Gasteiger partial charge in [0.05, 0.1) is 40.0 Å². The third-order valence-corrected chi connectivity index (χ3v) is 10.3. The number of esters is 2. The first-order valence-electron chi connectivity index (χ1n) is 21.3. The zero-order chi connectivity index (χ0) is 39.8. The Morgan fingerprint density at radius 1 is 0.685 bits per heavy atom. The maximum atomic E-state index is 12.6. The van der Waals surface area contributed by atoms with Crippen LogP contribution in [0.3, 0.4) is 0 Å². The molecule has 0 aromatic rings. The van der Waals surface area contributed by atoms with Crippen LogP contribution in [0, 0.1) is 0 Å². The minimum Gasteiger partial charge on any atom is -0.756 e. The molecule has 0 aliphatic carbocycles. The molecule has 1 saturated heterocycles. The number of carbonyl (C=O) groups excluding carboxylic acids is 2. The number of allylic oxidation sites excluding steroid dienone is 5. The average Bonchev–Trinajstić information content (AvgIpc) is 3.87. The van der Waals surface area contributed by atoms with Gasteiger partial charge < -0.3 is 32.6 Å². The summed E-state index contributed by atoms with van der Waals surface area (Å²) in [6.07, 6.45) is 36.4. The summed E-state index contributed by atoms with van der Waals surface area (Å²) < 4.78 is 39.5. The van der Waals surface area contributed by atoms with Gasteiger partial charge in [0, 0.05) is 12.8 Å². The van der Waals surface area contributed by atoms with Gasteiger partial charge in [-0.1, -0.05) is 140 Å². The monoisotopic (exact) mass is 784 g/mol. The molecular formula is C43H78NO9P. The molecule has 1 aliphatic rings. The number of unbranched alkanes of at least 4 members (excludes halogenated alkanes) is 14. The van der Waals surface area contributed by atoms with Gasteiger partial charge in [-0.25, -0.2) is 0 Å². The second-order valence-electron chi connectivity index (χ2n) is 15.7. The third-order valence-electron chi connectivity index (χ3n) is 9.34. The fraction of sp³-hybridized carbons (Fsp3) is 0.814. The Balaban J connectivity index is 2.33. The second-order valence-corrected chi connectivity index (χ2v) is 17.2. The topological polar surface area (TPSA) is 124 Å². The van der Waals surface area contributed by atoms with E-state index in [0.29, 0.717) is 36.1 Å². The number of carbonyl (C=O) groups is 2. The van der Waals surface area contributed by atoms with Crippen molar-refractivity contribution in [3.63, 3.8) is 0 Å². The maximum absolute atomic E-state index is 12.6. The van der Waals surface area contributed by atoms with Crippen LogP contribution in [0.1, 0.15) is 162 Å². The van der Waals surface area contributed by atoms with Gasteiger partial charge in [0.15, 0.2) is 6.10 Å². The number of rotatable bonds is 37. The van der Waals surface area contributed by atoms with Crippen LogP contribution < -0.4 is 4.89 Å². The number of nitrogens with zero attached hydrogens (tertiary/aromatic N) is 1. The Labute approximate surface area is 329 Å². The molecule has 11 heteroatoms. The number of hydrogen-bond donors (Lipinski definition) is 0. The molecule has 0 N–H and O–H groups in total. The van der Waals surface area contributed by atoms with Gasteiger partial charge in [0.1, 0.15) is 19.8 Å². The number of phosphoric acid groups is 1. The smallest absolute Gasteiger partial charge is 0.306 e. The van der Waals surface area contributed by atoms with E-state index in [2.05, 4.69) is 44.2 Å². The summed E-state index contributed by atoms with van der Waals surface area (Å²) in [5.41, 5.74) is 0. The molecule has 0 spiro atoms. The van der Waals surface area contributed by atoms with Crippen molar-refractivity contribution < 1.29 is 46.8 Å². The Bertz CT molecular complexity index is 1090. The highest BCUT2D eigenvalue weighted by Crippen LogP contribution is 2.38. The summed E-state index contributed by atoms with van der Waals surface area (Å²) in [5, 5.41) is 0. The van der Waals surface area contributed by atoms with E-state index in [4.69, 9.17) is 23.3 Å². The molecule has 0 amide bonds. The summed E-state index contributed by atoms with van der Waals surface area (Å²) in [7, 11) is 1.12. The lowest BCUT2D eigenvalue weighted by atomic mass is 10.0. The highest BCUT2D eigenvalue weighted by Gasteiger charge is 2.36. The number of ether oxygens (including phenoxy) is 3. The van der Waals surface area contributed by atoms with Crippen molar-refractivity contribution in [3.05, 3.63) is 36.5 Å². The summed E-state index contributed by atoms with van der Waals surface area (Å²) in [5.74, 6) is -0.904. The first kappa shape index (κ1) is 50.2. The maximum Gasteiger partial charge on any atom is 0.306 e. The Kier molecular flexibility index (Phi) is 30.0. The minimum atomic E-state index is -4.64. The molecule has 0 saturated carbocycles. The fourth-order valence-electron chi connectivity index (χ4n) is 5.86. The highest BCUT2D eigenvalue weighted by atomic mass is 31.2. The van der Waals surface area contributed by atoms with E-state index in [0.717, 1.165) is 38.5 Å². The number of epoxide rings is 1. The predicted molar refractivity (Wildman–Crippen MR) is 217 cm³/mol. The molecule has 10 nitrogen and oxygen atoms in total. The molecule has 54 heavy (non-hydrogen) atoms. The number of phosphoric ester groups is 1. The van der Waals surface area contributed by atoms with E-state index in [1.807, 2.05) is 27.2 Å². The quantitative estimate of drug-likeness (QED) is 0.0151. The van der Waals surface area contributed by atoms with Gasteiger partial charge in [-0.2, -0.15) is 0 Å². The minimum absolute atomic E-state index is 0.0427. The number of likely N-dealkylation sites (N-methyl/N-ethyl adjacent to an activating group) is 1. The van der Waals surface area contributed by atoms with E-state index >= 15 is 0 Å². The zero-order valence-corrected chi connectivity index (χ0v) is 35.8. The molecule has 4 atom stereocenters. The van der Waals surface area contributed by atoms with Crippen LogP contribution in [0.4, 0.5) is 0 Å². The van der Waals surface area contributed by atoms with E-state index in [1.54, 1.807) is 0 Å². The molecule has 3 unspecified atom stereocenters. The molecule has 1 rings (SSSR count). The van der Waals surface area contributed by atoms with Crippen molar-refractivity contribution in [2.75, 3.05) is 47.5 Å². The van der Waals surface area contributed by atoms with Crippen molar-refractivity contribution in [2.45, 2.75) is 180 Å². The van der Waals surface area contributed by atoms with Crippen molar-refractivity contribution in [2.24, 2.45) is 0 Å². The van der Waals surface area contributed by atoms with Crippen LogP contribution >= 0.6 is 7.82 Å². The molecule has 1 heterocycles. The predicted octanol–water partition coefficient (Wildman–Crippen LogP) is 10.1. The lowest BCUT2D eigenvalue weighted by molar-refractivity contribution is -0.870. The molecule has 0 radical (unpaired) electrons. The molecule has 0 aromatic heterocycles. The fourth-order valence-corrected chi connectivity index (χ4v) is 6.59. The lowest BCUT2D eigenvalue weighted by Gasteiger charge is -2.28. The zero-order valence-electron chi connectivity index (χ0n) is 34.9. The van der Waals surface area contributed by atoms with Gasteiger partial charge in [0.25, 0.3) is 7.82 Å². The van der Waals surface area contributed by atoms with E-state index < -0.39 is 32.5 Å². The molecule has 0 aromatic carbocycles. The van der Waals surface area contributed by atoms with Crippen LogP contribution in [-0.4, -0.2) is 82.2 Å². The van der Waals surface area contributed by atoms with Crippen LogP contribution in [0.2, 0.25) is 0 Å². The van der Waals surface area contributed by atoms with Crippen molar-refractivity contribution in [3.8, 4) is 0 Å². The Morgan fingerprint density at radius 2 is 1.24 bits per heavy atom. The van der Waals surface area contributed by atoms with Gasteiger partial charge in [0.2, 0.25) is 0 Å². The van der Waals surface area contributed by atoms with Gasteiger partial charge in [-0.3, -0.25) is 14.2 Å². The molecule has 1 fully saturated rings. The van der Waals surface area contributed by atoms with Crippen molar-refractivity contribution in [1.29, 1.82) is 0 Å². The summed E-state index contributed by atoms with van der Waals surface area (Å²) in [6.45, 7) is 4.11. The van der Waals surface area contributed by atoms with Crippen LogP contribution in [0.15, 0.2) is 36.5 Å². The van der Waals surface area contributed by atoms with Crippen molar-refractivity contribution >= 4 is 19.8 Å². The first-order chi connectivity index (χ1) is 26.0. The molecule has 0 bridgehead atoms. The first-order valence-corrected chi connectivity index (χ1v) is 22.8. The Morgan fingerprint density at radius 3 is 1.87 bits per heavy atom. The van der Waals surface area contributed by atoms with E-state index in [1.165, 1.54) is 83.5 Å². The lowest BCUT2D eigenvalue weighted by Crippen LogP contribution is -2.37. The summed E-state index contributed by atoms with van der Waals surface area (Å²) in [6, 6.07) is 0. The Hall–Kier alpha value is -1.81. The van der Waals surface area contributed by atoms with Crippen LogP contribution in [0.5, 0.6) is 0 Å². The van der Waals surface area contributed by atoms with Crippen LogP contribution in [-0.2, 0) is 37.4 Å². The highest BCUT2D eigenvalue weighted by molar-refractivity contribution is 7.45. The van der Waals surface area contributed by atoms with Gasteiger partial charge >= 0.3 is 11.9 Å². The SMILES string of the molecule is CCCCCCCCCCCCCCC(=O)OC[C@H](COP(=O)([O-])OCC[N+](C)(C)C)OC(=O)CCC/C=C\C/C=C\C/C=C\CC1OC1CCCCC. The molecule has 314 valence electrons. The summed E-state index contributed by atoms with van der Waals surface area (Å²) >= 11 is 0. The number of hydrogen-bond acceptors (Lipinski definition) is 9. The third kappa shape index (κ3) is 32.4. The average molecular weight is 784 g/mol. The van der Waals surface area contributed by atoms with E-state index in [9.17, 15) is 19.0 Å². The van der Waals surface area contributed by atoms with Gasteiger partial charge in [-0.15, -0.1) is 0 Å². The largest absolute Gasteiger partial charge is 0.756 e. The molecular weight excluding hydrogens is 705 g/mol. The second kappa shape index (κ2) is 32.3. The summed E-state index contributed by atoms with van der Waals surface area (Å²) in [4.78, 5) is 37.4. The molecule has 1 aliphatic heterocycles. The van der Waals surface area contributed by atoms with Gasteiger partial charge in [-0.05, 0) is 44.9 Å². The number of quaternary nitrogens is 1. The van der Waals surface area contributed by atoms with Crippen molar-refractivity contribution in [1.82, 2.24) is 0 Å². The van der Waals surface area contributed by atoms with E-state index in [-0.39, 0.29) is 26.1 Å².